The fourth-order valence-electron chi connectivity index (χ4n) is 2.33. The van der Waals surface area contributed by atoms with Crippen LogP contribution in [0.25, 0.3) is 5.69 Å². The van der Waals surface area contributed by atoms with Crippen LogP contribution >= 0.6 is 23.4 Å². The van der Waals surface area contributed by atoms with Gasteiger partial charge in [0.15, 0.2) is 5.16 Å². The van der Waals surface area contributed by atoms with Crippen molar-refractivity contribution in [3.63, 3.8) is 0 Å². The molecule has 140 valence electrons. The summed E-state index contributed by atoms with van der Waals surface area (Å²) in [6, 6.07) is 12.6. The van der Waals surface area contributed by atoms with Gasteiger partial charge in [-0.05, 0) is 30.3 Å². The molecular formula is C18H17ClN4O3S. The molecule has 0 spiro atoms. The third kappa shape index (κ3) is 4.72. The lowest BCUT2D eigenvalue weighted by Crippen LogP contribution is -2.14. The maximum atomic E-state index is 12.2. The molecule has 0 radical (unpaired) electrons. The van der Waals surface area contributed by atoms with E-state index in [9.17, 15) is 4.79 Å². The topological polar surface area (TPSA) is 78.3 Å². The zero-order valence-electron chi connectivity index (χ0n) is 14.7. The second-order valence-corrected chi connectivity index (χ2v) is 6.72. The number of benzene rings is 2. The predicted octanol–water partition coefficient (Wildman–Crippen LogP) is 3.67. The molecule has 3 rings (SSSR count). The number of aromatic nitrogens is 3. The van der Waals surface area contributed by atoms with Gasteiger partial charge in [0.2, 0.25) is 5.91 Å². The lowest BCUT2D eigenvalue weighted by molar-refractivity contribution is -0.113. The van der Waals surface area contributed by atoms with Gasteiger partial charge in [-0.15, -0.1) is 10.2 Å². The quantitative estimate of drug-likeness (QED) is 0.605. The molecule has 2 aromatic carbocycles. The largest absolute Gasteiger partial charge is 0.497 e. The first-order valence-electron chi connectivity index (χ1n) is 7.91. The average Bonchev–Trinajstić information content (AvgIpc) is 3.15. The van der Waals surface area contributed by atoms with E-state index in [1.807, 2.05) is 24.3 Å². The van der Waals surface area contributed by atoms with Crippen molar-refractivity contribution in [1.29, 1.82) is 0 Å². The summed E-state index contributed by atoms with van der Waals surface area (Å²) in [5, 5.41) is 11.8. The zero-order valence-corrected chi connectivity index (χ0v) is 16.3. The summed E-state index contributed by atoms with van der Waals surface area (Å²) in [6.07, 6.45) is 1.60. The summed E-state index contributed by atoms with van der Waals surface area (Å²) in [4.78, 5) is 12.2. The van der Waals surface area contributed by atoms with Crippen molar-refractivity contribution < 1.29 is 14.3 Å². The number of ether oxygens (including phenoxy) is 2. The number of nitrogens with zero attached hydrogens (tertiary/aromatic N) is 3. The Morgan fingerprint density at radius 1 is 1.22 bits per heavy atom. The van der Waals surface area contributed by atoms with Crippen molar-refractivity contribution in [3.8, 4) is 17.2 Å². The Labute approximate surface area is 165 Å². The molecule has 1 amide bonds. The second kappa shape index (κ2) is 8.79. The number of carbonyl (C=O) groups is 1. The van der Waals surface area contributed by atoms with E-state index in [1.54, 1.807) is 36.2 Å². The fraction of sp³-hybridized carbons (Fsp3) is 0.167. The minimum absolute atomic E-state index is 0.173. The Morgan fingerprint density at radius 2 is 2.07 bits per heavy atom. The Balaban J connectivity index is 1.64. The molecule has 0 unspecified atom stereocenters. The van der Waals surface area contributed by atoms with Gasteiger partial charge in [-0.1, -0.05) is 29.4 Å². The minimum Gasteiger partial charge on any atom is -0.497 e. The van der Waals surface area contributed by atoms with Crippen molar-refractivity contribution >= 4 is 35.0 Å². The SMILES string of the molecule is COc1cccc(-n2cnnc2SCC(=O)Nc2ccc(OC)c(Cl)c2)c1. The molecule has 9 heteroatoms. The molecule has 0 saturated heterocycles. The van der Waals surface area contributed by atoms with Crippen LogP contribution in [0, 0.1) is 0 Å². The first-order chi connectivity index (χ1) is 13.1. The molecule has 7 nitrogen and oxygen atoms in total. The summed E-state index contributed by atoms with van der Waals surface area (Å²) in [6.45, 7) is 0. The summed E-state index contributed by atoms with van der Waals surface area (Å²) in [7, 11) is 3.14. The van der Waals surface area contributed by atoms with Gasteiger partial charge in [-0.25, -0.2) is 0 Å². The Bertz CT molecular complexity index is 948. The van der Waals surface area contributed by atoms with Gasteiger partial charge in [0, 0.05) is 11.8 Å². The first kappa shape index (κ1) is 19.1. The van der Waals surface area contributed by atoms with Crippen molar-refractivity contribution in [3.05, 3.63) is 53.8 Å². The number of nitrogens with one attached hydrogen (secondary N) is 1. The van der Waals surface area contributed by atoms with Crippen molar-refractivity contribution in [2.24, 2.45) is 0 Å². The van der Waals surface area contributed by atoms with Crippen LogP contribution in [0.4, 0.5) is 5.69 Å². The summed E-state index contributed by atoms with van der Waals surface area (Å²) in [5.41, 5.74) is 1.45. The lowest BCUT2D eigenvalue weighted by Gasteiger charge is -2.09. The van der Waals surface area contributed by atoms with E-state index < -0.39 is 0 Å². The van der Waals surface area contributed by atoms with Crippen molar-refractivity contribution in [1.82, 2.24) is 14.8 Å². The molecule has 0 saturated carbocycles. The smallest absolute Gasteiger partial charge is 0.234 e. The van der Waals surface area contributed by atoms with E-state index in [4.69, 9.17) is 21.1 Å². The highest BCUT2D eigenvalue weighted by molar-refractivity contribution is 7.99. The van der Waals surface area contributed by atoms with Crippen LogP contribution in [0.1, 0.15) is 0 Å². The van der Waals surface area contributed by atoms with Gasteiger partial charge in [-0.2, -0.15) is 0 Å². The highest BCUT2D eigenvalue weighted by Crippen LogP contribution is 2.27. The Kier molecular flexibility index (Phi) is 6.20. The van der Waals surface area contributed by atoms with Crippen LogP contribution < -0.4 is 14.8 Å². The standard InChI is InChI=1S/C18H17ClN4O3S/c1-25-14-5-3-4-13(9-14)23-11-20-22-18(23)27-10-17(24)21-12-6-7-16(26-2)15(19)8-12/h3-9,11H,10H2,1-2H3,(H,21,24). The summed E-state index contributed by atoms with van der Waals surface area (Å²) < 4.78 is 12.1. The van der Waals surface area contributed by atoms with Crippen LogP contribution in [0.15, 0.2) is 53.9 Å². The van der Waals surface area contributed by atoms with E-state index in [-0.39, 0.29) is 11.7 Å². The first-order valence-corrected chi connectivity index (χ1v) is 9.27. The van der Waals surface area contributed by atoms with E-state index in [2.05, 4.69) is 15.5 Å². The van der Waals surface area contributed by atoms with E-state index in [1.165, 1.54) is 18.9 Å². The molecule has 1 aromatic heterocycles. The van der Waals surface area contributed by atoms with Gasteiger partial charge in [0.25, 0.3) is 0 Å². The third-order valence-corrected chi connectivity index (χ3v) is 4.85. The van der Waals surface area contributed by atoms with Gasteiger partial charge >= 0.3 is 0 Å². The number of hydrogen-bond donors (Lipinski definition) is 1. The molecule has 0 bridgehead atoms. The van der Waals surface area contributed by atoms with Gasteiger partial charge in [0.05, 0.1) is 30.7 Å². The van der Waals surface area contributed by atoms with Gasteiger partial charge < -0.3 is 14.8 Å². The summed E-state index contributed by atoms with van der Waals surface area (Å²) in [5.74, 6) is 1.27. The average molecular weight is 405 g/mol. The molecule has 0 atom stereocenters. The van der Waals surface area contributed by atoms with E-state index in [0.717, 1.165) is 11.4 Å². The lowest BCUT2D eigenvalue weighted by atomic mass is 10.3. The van der Waals surface area contributed by atoms with Crippen LogP contribution in [0.2, 0.25) is 5.02 Å². The van der Waals surface area contributed by atoms with Crippen LogP contribution in [-0.2, 0) is 4.79 Å². The molecule has 0 aliphatic heterocycles. The zero-order chi connectivity index (χ0) is 19.2. The highest BCUT2D eigenvalue weighted by atomic mass is 35.5. The molecule has 0 aliphatic carbocycles. The Hall–Kier alpha value is -2.71. The summed E-state index contributed by atoms with van der Waals surface area (Å²) >= 11 is 7.35. The fourth-order valence-corrected chi connectivity index (χ4v) is 3.32. The Morgan fingerprint density at radius 3 is 2.81 bits per heavy atom. The van der Waals surface area contributed by atoms with Crippen LogP contribution in [-0.4, -0.2) is 40.6 Å². The number of carbonyl (C=O) groups excluding carboxylic acids is 1. The molecule has 1 heterocycles. The molecule has 3 aromatic rings. The maximum Gasteiger partial charge on any atom is 0.234 e. The minimum atomic E-state index is -0.179. The number of hydrogen-bond acceptors (Lipinski definition) is 6. The predicted molar refractivity (Wildman–Crippen MR) is 105 cm³/mol. The van der Waals surface area contributed by atoms with Crippen molar-refractivity contribution in [2.75, 3.05) is 25.3 Å². The van der Waals surface area contributed by atoms with Crippen LogP contribution in [0.5, 0.6) is 11.5 Å². The monoisotopic (exact) mass is 404 g/mol. The number of thioether (sulfide) groups is 1. The number of methoxy groups -OCH3 is 2. The number of anilines is 1. The third-order valence-electron chi connectivity index (χ3n) is 3.62. The number of halogens is 1. The van der Waals surface area contributed by atoms with E-state index >= 15 is 0 Å². The highest BCUT2D eigenvalue weighted by Gasteiger charge is 2.11. The van der Waals surface area contributed by atoms with Gasteiger partial charge in [-0.3, -0.25) is 9.36 Å². The molecular weight excluding hydrogens is 388 g/mol. The molecule has 0 aliphatic rings. The molecule has 0 fully saturated rings. The molecule has 27 heavy (non-hydrogen) atoms. The normalized spacial score (nSPS) is 10.5. The molecule has 1 N–H and O–H groups in total. The van der Waals surface area contributed by atoms with Gasteiger partial charge in [0.1, 0.15) is 17.8 Å². The second-order valence-electron chi connectivity index (χ2n) is 5.37. The number of amides is 1. The van der Waals surface area contributed by atoms with Crippen LogP contribution in [0.3, 0.4) is 0 Å². The van der Waals surface area contributed by atoms with Crippen molar-refractivity contribution in [2.45, 2.75) is 5.16 Å². The van der Waals surface area contributed by atoms with E-state index in [0.29, 0.717) is 21.6 Å². The maximum absolute atomic E-state index is 12.2. The number of rotatable bonds is 7.